The van der Waals surface area contributed by atoms with E-state index in [1.54, 1.807) is 12.4 Å². The van der Waals surface area contributed by atoms with Gasteiger partial charge in [0, 0.05) is 38.4 Å². The predicted octanol–water partition coefficient (Wildman–Crippen LogP) is 2.66. The molecule has 1 aromatic carbocycles. The minimum absolute atomic E-state index is 0.0308. The van der Waals surface area contributed by atoms with E-state index >= 15 is 0 Å². The molecule has 0 bridgehead atoms. The van der Waals surface area contributed by atoms with E-state index in [2.05, 4.69) is 15.6 Å². The van der Waals surface area contributed by atoms with Crippen molar-refractivity contribution in [2.45, 2.75) is 39.5 Å². The van der Waals surface area contributed by atoms with Crippen LogP contribution in [0.3, 0.4) is 0 Å². The molecule has 5 heteroatoms. The van der Waals surface area contributed by atoms with Crippen LogP contribution < -0.4 is 15.4 Å². The Morgan fingerprint density at radius 3 is 2.75 bits per heavy atom. The zero-order valence-electron chi connectivity index (χ0n) is 14.3. The number of benzene rings is 1. The summed E-state index contributed by atoms with van der Waals surface area (Å²) in [6, 6.07) is 11.8. The fourth-order valence-electron chi connectivity index (χ4n) is 2.23. The predicted molar refractivity (Wildman–Crippen MR) is 94.6 cm³/mol. The zero-order valence-corrected chi connectivity index (χ0v) is 14.3. The smallest absolute Gasteiger partial charge is 0.221 e. The van der Waals surface area contributed by atoms with Crippen LogP contribution in [-0.2, 0) is 17.9 Å². The number of nitrogens with one attached hydrogen (secondary N) is 2. The number of pyridine rings is 1. The quantitative estimate of drug-likeness (QED) is 0.695. The maximum absolute atomic E-state index is 11.8. The summed E-state index contributed by atoms with van der Waals surface area (Å²) in [5, 5.41) is 6.17. The first-order chi connectivity index (χ1) is 11.6. The number of carbonyl (C=O) groups excluding carboxylic acids is 1. The molecule has 128 valence electrons. The van der Waals surface area contributed by atoms with E-state index in [4.69, 9.17) is 4.74 Å². The first kappa shape index (κ1) is 17.9. The first-order valence-electron chi connectivity index (χ1n) is 8.25. The molecular weight excluding hydrogens is 302 g/mol. The van der Waals surface area contributed by atoms with Crippen molar-refractivity contribution in [1.29, 1.82) is 0 Å². The van der Waals surface area contributed by atoms with Crippen LogP contribution in [0, 0.1) is 0 Å². The average Bonchev–Trinajstić information content (AvgIpc) is 2.58. The fraction of sp³-hybridized carbons (Fsp3) is 0.368. The van der Waals surface area contributed by atoms with Crippen LogP contribution in [0.1, 0.15) is 31.4 Å². The third kappa shape index (κ3) is 6.79. The van der Waals surface area contributed by atoms with E-state index in [-0.39, 0.29) is 12.0 Å². The summed E-state index contributed by atoms with van der Waals surface area (Å²) in [7, 11) is 0. The van der Waals surface area contributed by atoms with Gasteiger partial charge in [-0.05, 0) is 43.2 Å². The summed E-state index contributed by atoms with van der Waals surface area (Å²) in [5.74, 6) is 0.904. The van der Waals surface area contributed by atoms with Crippen molar-refractivity contribution in [1.82, 2.24) is 15.6 Å². The van der Waals surface area contributed by atoms with E-state index < -0.39 is 0 Å². The normalized spacial score (nSPS) is 10.6. The number of rotatable bonds is 9. The van der Waals surface area contributed by atoms with Crippen LogP contribution in [0.25, 0.3) is 0 Å². The highest BCUT2D eigenvalue weighted by molar-refractivity contribution is 5.76. The third-order valence-corrected chi connectivity index (χ3v) is 3.34. The molecule has 1 aromatic heterocycles. The summed E-state index contributed by atoms with van der Waals surface area (Å²) in [6.07, 6.45) is 4.08. The Balaban J connectivity index is 1.64. The number of hydrogen-bond acceptors (Lipinski definition) is 4. The van der Waals surface area contributed by atoms with Gasteiger partial charge >= 0.3 is 0 Å². The number of hydrogen-bond donors (Lipinski definition) is 2. The van der Waals surface area contributed by atoms with Gasteiger partial charge in [-0.25, -0.2) is 0 Å². The molecule has 2 aromatic rings. The van der Waals surface area contributed by atoms with Gasteiger partial charge in [-0.3, -0.25) is 9.78 Å². The highest BCUT2D eigenvalue weighted by Gasteiger charge is 2.02. The van der Waals surface area contributed by atoms with Gasteiger partial charge in [0.25, 0.3) is 0 Å². The van der Waals surface area contributed by atoms with Crippen molar-refractivity contribution >= 4 is 5.91 Å². The van der Waals surface area contributed by atoms with E-state index in [1.807, 2.05) is 50.2 Å². The fourth-order valence-corrected chi connectivity index (χ4v) is 2.23. The summed E-state index contributed by atoms with van der Waals surface area (Å²) < 4.78 is 5.68. The lowest BCUT2D eigenvalue weighted by Crippen LogP contribution is -2.27. The topological polar surface area (TPSA) is 63.2 Å². The second-order valence-corrected chi connectivity index (χ2v) is 5.88. The Hall–Kier alpha value is -2.40. The van der Waals surface area contributed by atoms with E-state index in [0.717, 1.165) is 16.9 Å². The molecule has 2 N–H and O–H groups in total. The monoisotopic (exact) mass is 327 g/mol. The first-order valence-corrected chi connectivity index (χ1v) is 8.25. The van der Waals surface area contributed by atoms with Crippen molar-refractivity contribution < 1.29 is 9.53 Å². The number of aromatic nitrogens is 1. The molecule has 0 aliphatic carbocycles. The van der Waals surface area contributed by atoms with Crippen molar-refractivity contribution in [2.24, 2.45) is 0 Å². The van der Waals surface area contributed by atoms with E-state index in [0.29, 0.717) is 26.1 Å². The van der Waals surface area contributed by atoms with Gasteiger partial charge in [0.1, 0.15) is 5.75 Å². The molecule has 0 aliphatic rings. The zero-order chi connectivity index (χ0) is 17.2. The number of amides is 1. The largest absolute Gasteiger partial charge is 0.491 e. The molecule has 0 radical (unpaired) electrons. The molecule has 0 aliphatic heterocycles. The molecular formula is C19H25N3O2. The number of carbonyl (C=O) groups is 1. The van der Waals surface area contributed by atoms with Gasteiger partial charge in [0.15, 0.2) is 0 Å². The van der Waals surface area contributed by atoms with Crippen molar-refractivity contribution in [3.63, 3.8) is 0 Å². The van der Waals surface area contributed by atoms with Gasteiger partial charge in [0.2, 0.25) is 5.91 Å². The standard InChI is InChI=1S/C19H25N3O2/c1-15(2)24-18-7-3-5-16(11-18)12-21-10-8-19(23)22-14-17-6-4-9-20-13-17/h3-7,9,11,13,15,21H,8,10,12,14H2,1-2H3,(H,22,23). The van der Waals surface area contributed by atoms with Gasteiger partial charge in [0.05, 0.1) is 6.10 Å². The maximum atomic E-state index is 11.8. The number of nitrogens with zero attached hydrogens (tertiary/aromatic N) is 1. The summed E-state index contributed by atoms with van der Waals surface area (Å²) in [4.78, 5) is 15.8. The van der Waals surface area contributed by atoms with E-state index in [1.165, 1.54) is 0 Å². The van der Waals surface area contributed by atoms with Gasteiger partial charge in [-0.1, -0.05) is 18.2 Å². The molecule has 0 saturated heterocycles. The highest BCUT2D eigenvalue weighted by atomic mass is 16.5. The number of ether oxygens (including phenoxy) is 1. The molecule has 0 atom stereocenters. The van der Waals surface area contributed by atoms with Crippen LogP contribution in [-0.4, -0.2) is 23.5 Å². The van der Waals surface area contributed by atoms with Crippen LogP contribution in [0.2, 0.25) is 0 Å². The minimum Gasteiger partial charge on any atom is -0.491 e. The Bertz CT molecular complexity index is 630. The van der Waals surface area contributed by atoms with Crippen molar-refractivity contribution in [3.05, 3.63) is 59.9 Å². The van der Waals surface area contributed by atoms with Crippen LogP contribution in [0.4, 0.5) is 0 Å². The lowest BCUT2D eigenvalue weighted by molar-refractivity contribution is -0.121. The van der Waals surface area contributed by atoms with Crippen LogP contribution >= 0.6 is 0 Å². The molecule has 1 heterocycles. The molecule has 2 rings (SSSR count). The summed E-state index contributed by atoms with van der Waals surface area (Å²) >= 11 is 0. The third-order valence-electron chi connectivity index (χ3n) is 3.34. The van der Waals surface area contributed by atoms with Gasteiger partial charge in [-0.2, -0.15) is 0 Å². The lowest BCUT2D eigenvalue weighted by atomic mass is 10.2. The molecule has 1 amide bonds. The molecule has 0 fully saturated rings. The Kier molecular flexibility index (Phi) is 7.23. The van der Waals surface area contributed by atoms with Crippen LogP contribution in [0.5, 0.6) is 5.75 Å². The SMILES string of the molecule is CC(C)Oc1cccc(CNCCC(=O)NCc2cccnc2)c1. The van der Waals surface area contributed by atoms with Crippen molar-refractivity contribution in [2.75, 3.05) is 6.54 Å². The highest BCUT2D eigenvalue weighted by Crippen LogP contribution is 2.14. The molecule has 0 saturated carbocycles. The minimum atomic E-state index is 0.0308. The Labute approximate surface area is 143 Å². The Morgan fingerprint density at radius 2 is 2.00 bits per heavy atom. The molecule has 0 spiro atoms. The van der Waals surface area contributed by atoms with Crippen LogP contribution in [0.15, 0.2) is 48.8 Å². The van der Waals surface area contributed by atoms with Gasteiger partial charge in [-0.15, -0.1) is 0 Å². The average molecular weight is 327 g/mol. The molecule has 5 nitrogen and oxygen atoms in total. The summed E-state index contributed by atoms with van der Waals surface area (Å²) in [6.45, 7) is 5.88. The second-order valence-electron chi connectivity index (χ2n) is 5.88. The van der Waals surface area contributed by atoms with Crippen molar-refractivity contribution in [3.8, 4) is 5.75 Å². The van der Waals surface area contributed by atoms with E-state index in [9.17, 15) is 4.79 Å². The molecule has 24 heavy (non-hydrogen) atoms. The lowest BCUT2D eigenvalue weighted by Gasteiger charge is -2.11. The van der Waals surface area contributed by atoms with Gasteiger partial charge < -0.3 is 15.4 Å². The Morgan fingerprint density at radius 1 is 1.17 bits per heavy atom. The second kappa shape index (κ2) is 9.67. The molecule has 0 unspecified atom stereocenters. The maximum Gasteiger partial charge on any atom is 0.221 e. The summed E-state index contributed by atoms with van der Waals surface area (Å²) in [5.41, 5.74) is 2.14.